The number of hydrogen-bond acceptors (Lipinski definition) is 3. The van der Waals surface area contributed by atoms with Crippen LogP contribution in [0, 0.1) is 5.82 Å². The summed E-state index contributed by atoms with van der Waals surface area (Å²) < 4.78 is 14.5. The van der Waals surface area contributed by atoms with E-state index in [1.54, 1.807) is 16.8 Å². The average Bonchev–Trinajstić information content (AvgIpc) is 2.77. The monoisotopic (exact) mass is 262 g/mol. The minimum absolute atomic E-state index is 0.209. The molecule has 1 heterocycles. The number of hydrogen-bond donors (Lipinski definition) is 1. The van der Waals surface area contributed by atoms with E-state index in [-0.39, 0.29) is 5.82 Å². The van der Waals surface area contributed by atoms with Gasteiger partial charge in [-0.25, -0.2) is 4.39 Å². The maximum atomic E-state index is 12.7. The Balaban J connectivity index is 1.71. The van der Waals surface area contributed by atoms with Gasteiger partial charge in [0.05, 0.1) is 6.20 Å². The van der Waals surface area contributed by atoms with Gasteiger partial charge in [-0.15, -0.1) is 0 Å². The van der Waals surface area contributed by atoms with Crippen LogP contribution in [0.1, 0.15) is 5.56 Å². The fourth-order valence-corrected chi connectivity index (χ4v) is 1.90. The van der Waals surface area contributed by atoms with Crippen LogP contribution >= 0.6 is 0 Å². The molecule has 0 aliphatic carbocycles. The first kappa shape index (κ1) is 13.5. The van der Waals surface area contributed by atoms with Gasteiger partial charge in [0.1, 0.15) is 5.82 Å². The Morgan fingerprint density at radius 1 is 1.32 bits per heavy atom. The Morgan fingerprint density at radius 2 is 2.05 bits per heavy atom. The third kappa shape index (κ3) is 4.37. The summed E-state index contributed by atoms with van der Waals surface area (Å²) in [6, 6.07) is 6.41. The molecule has 0 spiro atoms. The van der Waals surface area contributed by atoms with Crippen LogP contribution in [0.2, 0.25) is 0 Å². The standard InChI is InChI=1S/C14H19FN4/c1-18(10-12-9-17-19(2)11-12)8-7-16-14-5-3-13(15)4-6-14/h3-6,9,11,16H,7-8,10H2,1-2H3. The lowest BCUT2D eigenvalue weighted by molar-refractivity contribution is 0.340. The van der Waals surface area contributed by atoms with E-state index in [0.717, 1.165) is 25.3 Å². The average molecular weight is 262 g/mol. The highest BCUT2D eigenvalue weighted by atomic mass is 19.1. The number of likely N-dealkylation sites (N-methyl/N-ethyl adjacent to an activating group) is 1. The van der Waals surface area contributed by atoms with Crippen LogP contribution in [0.25, 0.3) is 0 Å². The summed E-state index contributed by atoms with van der Waals surface area (Å²) in [4.78, 5) is 2.22. The summed E-state index contributed by atoms with van der Waals surface area (Å²) in [6.07, 6.45) is 3.90. The third-order valence-corrected chi connectivity index (χ3v) is 2.88. The summed E-state index contributed by atoms with van der Waals surface area (Å²) in [5.41, 5.74) is 2.14. The highest BCUT2D eigenvalue weighted by Gasteiger charge is 2.02. The van der Waals surface area contributed by atoms with Crippen LogP contribution in [0.4, 0.5) is 10.1 Å². The zero-order valence-corrected chi connectivity index (χ0v) is 11.3. The number of aryl methyl sites for hydroxylation is 1. The number of anilines is 1. The lowest BCUT2D eigenvalue weighted by Gasteiger charge is -2.16. The molecule has 4 nitrogen and oxygen atoms in total. The first-order valence-electron chi connectivity index (χ1n) is 6.29. The van der Waals surface area contributed by atoms with E-state index in [0.29, 0.717) is 0 Å². The normalized spacial score (nSPS) is 10.9. The van der Waals surface area contributed by atoms with Gasteiger partial charge in [-0.1, -0.05) is 0 Å². The number of rotatable bonds is 6. The molecule has 0 aliphatic rings. The third-order valence-electron chi connectivity index (χ3n) is 2.88. The SMILES string of the molecule is CN(CCNc1ccc(F)cc1)Cc1cnn(C)c1. The molecule has 1 aromatic carbocycles. The Bertz CT molecular complexity index is 506. The Labute approximate surface area is 112 Å². The second-order valence-electron chi connectivity index (χ2n) is 4.69. The molecule has 5 heteroatoms. The van der Waals surface area contributed by atoms with Gasteiger partial charge in [0, 0.05) is 44.1 Å². The maximum absolute atomic E-state index is 12.7. The number of nitrogens with zero attached hydrogens (tertiary/aromatic N) is 3. The summed E-state index contributed by atoms with van der Waals surface area (Å²) in [5, 5.41) is 7.41. The van der Waals surface area contributed by atoms with Gasteiger partial charge < -0.3 is 10.2 Å². The van der Waals surface area contributed by atoms with Crippen molar-refractivity contribution >= 4 is 5.69 Å². The Kier molecular flexibility index (Phi) is 4.52. The van der Waals surface area contributed by atoms with Crippen LogP contribution in [-0.4, -0.2) is 34.8 Å². The summed E-state index contributed by atoms with van der Waals surface area (Å²) in [7, 11) is 3.99. The molecule has 0 aliphatic heterocycles. The van der Waals surface area contributed by atoms with E-state index >= 15 is 0 Å². The molecule has 2 rings (SSSR count). The molecule has 0 amide bonds. The molecule has 0 unspecified atom stereocenters. The smallest absolute Gasteiger partial charge is 0.123 e. The Morgan fingerprint density at radius 3 is 2.68 bits per heavy atom. The molecule has 102 valence electrons. The van der Waals surface area contributed by atoms with Crippen molar-refractivity contribution in [3.8, 4) is 0 Å². The maximum Gasteiger partial charge on any atom is 0.123 e. The van der Waals surface area contributed by atoms with Crippen molar-refractivity contribution in [2.45, 2.75) is 6.54 Å². The molecular formula is C14H19FN4. The van der Waals surface area contributed by atoms with Crippen molar-refractivity contribution in [3.63, 3.8) is 0 Å². The molecule has 1 aromatic heterocycles. The number of aromatic nitrogens is 2. The van der Waals surface area contributed by atoms with Gasteiger partial charge in [0.2, 0.25) is 0 Å². The van der Waals surface area contributed by atoms with E-state index in [4.69, 9.17) is 0 Å². The quantitative estimate of drug-likeness (QED) is 0.865. The summed E-state index contributed by atoms with van der Waals surface area (Å²) in [6.45, 7) is 2.60. The highest BCUT2D eigenvalue weighted by Crippen LogP contribution is 2.07. The lowest BCUT2D eigenvalue weighted by Crippen LogP contribution is -2.24. The van der Waals surface area contributed by atoms with Crippen LogP contribution in [0.15, 0.2) is 36.7 Å². The van der Waals surface area contributed by atoms with Crippen molar-refractivity contribution < 1.29 is 4.39 Å². The molecule has 0 saturated carbocycles. The molecular weight excluding hydrogens is 243 g/mol. The van der Waals surface area contributed by atoms with Crippen molar-refractivity contribution in [1.29, 1.82) is 0 Å². The predicted molar refractivity (Wildman–Crippen MR) is 74.4 cm³/mol. The zero-order valence-electron chi connectivity index (χ0n) is 11.3. The van der Waals surface area contributed by atoms with E-state index in [1.807, 2.05) is 19.4 Å². The number of benzene rings is 1. The minimum atomic E-state index is -0.209. The molecule has 2 aromatic rings. The van der Waals surface area contributed by atoms with Crippen molar-refractivity contribution in [1.82, 2.24) is 14.7 Å². The topological polar surface area (TPSA) is 33.1 Å². The molecule has 0 saturated heterocycles. The molecule has 0 atom stereocenters. The van der Waals surface area contributed by atoms with Gasteiger partial charge in [-0.2, -0.15) is 5.10 Å². The fraction of sp³-hybridized carbons (Fsp3) is 0.357. The minimum Gasteiger partial charge on any atom is -0.384 e. The van der Waals surface area contributed by atoms with Gasteiger partial charge in [0.15, 0.2) is 0 Å². The van der Waals surface area contributed by atoms with E-state index in [2.05, 4.69) is 22.4 Å². The van der Waals surface area contributed by atoms with Crippen LogP contribution in [0.5, 0.6) is 0 Å². The Hall–Kier alpha value is -1.88. The van der Waals surface area contributed by atoms with Gasteiger partial charge in [0.25, 0.3) is 0 Å². The fourth-order valence-electron chi connectivity index (χ4n) is 1.90. The van der Waals surface area contributed by atoms with Gasteiger partial charge in [-0.05, 0) is 31.3 Å². The first-order chi connectivity index (χ1) is 9.13. The van der Waals surface area contributed by atoms with Crippen LogP contribution in [-0.2, 0) is 13.6 Å². The summed E-state index contributed by atoms with van der Waals surface area (Å²) >= 11 is 0. The van der Waals surface area contributed by atoms with Gasteiger partial charge in [-0.3, -0.25) is 4.68 Å². The molecule has 0 fully saturated rings. The molecule has 19 heavy (non-hydrogen) atoms. The lowest BCUT2D eigenvalue weighted by atomic mass is 10.3. The second kappa shape index (κ2) is 6.33. The van der Waals surface area contributed by atoms with E-state index in [1.165, 1.54) is 17.7 Å². The van der Waals surface area contributed by atoms with Crippen molar-refractivity contribution in [3.05, 3.63) is 48.0 Å². The predicted octanol–water partition coefficient (Wildman–Crippen LogP) is 2.10. The largest absolute Gasteiger partial charge is 0.384 e. The number of nitrogens with one attached hydrogen (secondary N) is 1. The second-order valence-corrected chi connectivity index (χ2v) is 4.69. The summed E-state index contributed by atoms with van der Waals surface area (Å²) in [5.74, 6) is -0.209. The zero-order chi connectivity index (χ0) is 13.7. The van der Waals surface area contributed by atoms with Gasteiger partial charge >= 0.3 is 0 Å². The van der Waals surface area contributed by atoms with Crippen molar-refractivity contribution in [2.75, 3.05) is 25.5 Å². The van der Waals surface area contributed by atoms with E-state index < -0.39 is 0 Å². The molecule has 0 radical (unpaired) electrons. The number of halogens is 1. The van der Waals surface area contributed by atoms with Crippen LogP contribution in [0.3, 0.4) is 0 Å². The van der Waals surface area contributed by atoms with Crippen molar-refractivity contribution in [2.24, 2.45) is 7.05 Å². The molecule has 0 bridgehead atoms. The van der Waals surface area contributed by atoms with Crippen LogP contribution < -0.4 is 5.32 Å². The molecule has 1 N–H and O–H groups in total. The highest BCUT2D eigenvalue weighted by molar-refractivity contribution is 5.42. The van der Waals surface area contributed by atoms with E-state index in [9.17, 15) is 4.39 Å². The first-order valence-corrected chi connectivity index (χ1v) is 6.29.